The first-order chi connectivity index (χ1) is 23.9. The van der Waals surface area contributed by atoms with E-state index in [4.69, 9.17) is 13.1 Å². The number of hydrogen-bond acceptors (Lipinski definition) is 4. The summed E-state index contributed by atoms with van der Waals surface area (Å²) in [5.74, 6) is -14.8. The van der Waals surface area contributed by atoms with E-state index in [1.807, 2.05) is 6.07 Å². The van der Waals surface area contributed by atoms with Crippen molar-refractivity contribution in [1.29, 1.82) is 10.5 Å². The highest BCUT2D eigenvalue weighted by molar-refractivity contribution is 5.95. The van der Waals surface area contributed by atoms with Crippen molar-refractivity contribution in [2.75, 3.05) is 0 Å². The van der Waals surface area contributed by atoms with Gasteiger partial charge in [-0.2, -0.15) is 27.5 Å². The van der Waals surface area contributed by atoms with Gasteiger partial charge in [0.1, 0.15) is 0 Å². The summed E-state index contributed by atoms with van der Waals surface area (Å²) >= 11 is 0. The number of rotatable bonds is 2. The van der Waals surface area contributed by atoms with E-state index in [2.05, 4.69) is 19.7 Å². The summed E-state index contributed by atoms with van der Waals surface area (Å²) in [5, 5.41) is 20.2. The molecule has 3 aromatic carbocycles. The van der Waals surface area contributed by atoms with Crippen molar-refractivity contribution in [3.63, 3.8) is 0 Å². The zero-order chi connectivity index (χ0) is 35.8. The standard InChI is InChI=1S/C36H10F8N6/c1-47-21(11-45)25-19-7-13-3-5-15(23-29(37)33(41)49-34(42)30(23)38)9-17(13)26(19)28(22(12-46)48-2)27-18-10-16(6-4-14(18)8-20(25)27)24-31(39)35(43)50-36(44)32(24)40/h3-6,9-10H,7-8H2. The third-order valence-corrected chi connectivity index (χ3v) is 8.68. The van der Waals surface area contributed by atoms with E-state index >= 15 is 0 Å². The molecular weight excluding hydrogens is 668 g/mol. The zero-order valence-corrected chi connectivity index (χ0v) is 24.6. The maximum atomic E-state index is 14.9. The molecule has 2 aliphatic rings. The molecule has 2 aliphatic carbocycles. The lowest BCUT2D eigenvalue weighted by molar-refractivity contribution is 0.410. The summed E-state index contributed by atoms with van der Waals surface area (Å²) < 4.78 is 116. The fourth-order valence-electron chi connectivity index (χ4n) is 6.70. The summed E-state index contributed by atoms with van der Waals surface area (Å²) in [6.07, 6.45) is -0.0365. The van der Waals surface area contributed by atoms with Crippen LogP contribution in [0.2, 0.25) is 0 Å². The Balaban J connectivity index is 1.65. The van der Waals surface area contributed by atoms with Crippen LogP contribution >= 0.6 is 0 Å². The maximum Gasteiger partial charge on any atom is 0.270 e. The summed E-state index contributed by atoms with van der Waals surface area (Å²) in [6, 6.07) is 11.1. The van der Waals surface area contributed by atoms with Crippen LogP contribution in [-0.4, -0.2) is 9.97 Å². The molecule has 6 nitrogen and oxygen atoms in total. The van der Waals surface area contributed by atoms with Crippen LogP contribution in [0, 0.1) is 82.9 Å². The highest BCUT2D eigenvalue weighted by Gasteiger charge is 2.34. The van der Waals surface area contributed by atoms with Gasteiger partial charge in [0.15, 0.2) is 23.3 Å². The quantitative estimate of drug-likeness (QED) is 0.110. The number of hydrogen-bond donors (Lipinski definition) is 0. The number of halogens is 8. The average molecular weight is 679 g/mol. The lowest BCUT2D eigenvalue weighted by Crippen LogP contribution is -2.25. The van der Waals surface area contributed by atoms with Crippen molar-refractivity contribution in [1.82, 2.24) is 9.97 Å². The Hall–Kier alpha value is -6.90. The highest BCUT2D eigenvalue weighted by Crippen LogP contribution is 2.44. The van der Waals surface area contributed by atoms with Crippen molar-refractivity contribution in [2.45, 2.75) is 12.8 Å². The van der Waals surface area contributed by atoms with Gasteiger partial charge < -0.3 is 0 Å². The minimum absolute atomic E-state index is 0.0183. The summed E-state index contributed by atoms with van der Waals surface area (Å²) in [5.41, 5.74) is -2.00. The van der Waals surface area contributed by atoms with Gasteiger partial charge in [-0.1, -0.05) is 24.3 Å². The van der Waals surface area contributed by atoms with Crippen molar-refractivity contribution < 1.29 is 35.1 Å². The largest absolute Gasteiger partial charge is 0.270 e. The number of aromatic nitrogens is 2. The number of pyridine rings is 2. The Morgan fingerprint density at radius 1 is 0.560 bits per heavy atom. The van der Waals surface area contributed by atoms with Gasteiger partial charge >= 0.3 is 0 Å². The molecule has 0 aliphatic heterocycles. The third kappa shape index (κ3) is 4.36. The van der Waals surface area contributed by atoms with E-state index < -0.39 is 69.6 Å². The van der Waals surface area contributed by atoms with Crippen LogP contribution in [0.1, 0.15) is 22.3 Å². The molecule has 0 radical (unpaired) electrons. The van der Waals surface area contributed by atoms with Crippen molar-refractivity contribution in [3.8, 4) is 56.6 Å². The second-order valence-electron chi connectivity index (χ2n) is 11.1. The molecule has 0 N–H and O–H groups in total. The first-order valence-corrected chi connectivity index (χ1v) is 14.1. The SMILES string of the molecule is [C-]#[N+]C(C#N)=c1c2c(c(=C(C#N)[N+]#[C-])c3c1Cc1ccc(-c4c(F)c(F)nc(F)c4F)cc1-3)-c1cc(-c3c(F)c(F)nc(F)c3F)ccc1C2. The average Bonchev–Trinajstić information content (AvgIpc) is 3.66. The molecule has 0 fully saturated rings. The van der Waals surface area contributed by atoms with E-state index in [1.165, 1.54) is 36.4 Å². The maximum absolute atomic E-state index is 14.9. The second-order valence-corrected chi connectivity index (χ2v) is 11.1. The molecule has 5 aromatic rings. The highest BCUT2D eigenvalue weighted by atomic mass is 19.2. The van der Waals surface area contributed by atoms with Gasteiger partial charge in [-0.15, -0.1) is 0 Å². The van der Waals surface area contributed by atoms with Crippen LogP contribution in [-0.2, 0) is 12.8 Å². The molecule has 50 heavy (non-hydrogen) atoms. The van der Waals surface area contributed by atoms with Crippen LogP contribution in [0.3, 0.4) is 0 Å². The fraction of sp³-hybridized carbons (Fsp3) is 0.0556. The van der Waals surface area contributed by atoms with Crippen molar-refractivity contribution >= 4 is 11.4 Å². The van der Waals surface area contributed by atoms with Gasteiger partial charge in [-0.25, -0.2) is 37.8 Å². The summed E-state index contributed by atoms with van der Waals surface area (Å²) in [7, 11) is 0. The topological polar surface area (TPSA) is 82.1 Å². The fourth-order valence-corrected chi connectivity index (χ4v) is 6.70. The molecule has 240 valence electrons. The van der Waals surface area contributed by atoms with Crippen LogP contribution in [0.15, 0.2) is 36.4 Å². The van der Waals surface area contributed by atoms with Gasteiger partial charge in [0.05, 0.1) is 36.4 Å². The Labute approximate surface area is 275 Å². The van der Waals surface area contributed by atoms with E-state index in [-0.39, 0.29) is 67.8 Å². The molecule has 2 aromatic heterocycles. The van der Waals surface area contributed by atoms with E-state index in [0.717, 1.165) is 0 Å². The van der Waals surface area contributed by atoms with Crippen LogP contribution < -0.4 is 10.4 Å². The van der Waals surface area contributed by atoms with Gasteiger partial charge in [0.25, 0.3) is 35.2 Å². The van der Waals surface area contributed by atoms with Crippen LogP contribution in [0.4, 0.5) is 35.1 Å². The number of nitrogens with zero attached hydrogens (tertiary/aromatic N) is 6. The third-order valence-electron chi connectivity index (χ3n) is 8.68. The molecule has 0 atom stereocenters. The first kappa shape index (κ1) is 31.7. The lowest BCUT2D eigenvalue weighted by atomic mass is 9.89. The van der Waals surface area contributed by atoms with Crippen LogP contribution in [0.5, 0.6) is 0 Å². The molecule has 0 amide bonds. The first-order valence-electron chi connectivity index (χ1n) is 14.1. The normalized spacial score (nSPS) is 11.8. The van der Waals surface area contributed by atoms with Crippen LogP contribution in [0.25, 0.3) is 65.6 Å². The molecule has 0 saturated heterocycles. The molecule has 2 heterocycles. The Morgan fingerprint density at radius 2 is 0.920 bits per heavy atom. The minimum atomic E-state index is -1.91. The van der Waals surface area contributed by atoms with E-state index in [0.29, 0.717) is 11.1 Å². The molecule has 0 unspecified atom stereocenters. The van der Waals surface area contributed by atoms with E-state index in [1.54, 1.807) is 6.07 Å². The smallest absolute Gasteiger partial charge is 0.226 e. The number of fused-ring (bicyclic) bond motifs is 6. The molecule has 0 spiro atoms. The van der Waals surface area contributed by atoms with E-state index in [9.17, 15) is 45.6 Å². The van der Waals surface area contributed by atoms with Crippen molar-refractivity contribution in [2.24, 2.45) is 0 Å². The number of benzene rings is 3. The molecular formula is C36H10F8N6. The predicted molar refractivity (Wildman–Crippen MR) is 160 cm³/mol. The number of nitriles is 2. The van der Waals surface area contributed by atoms with Crippen molar-refractivity contribution in [3.05, 3.63) is 139 Å². The zero-order valence-electron chi connectivity index (χ0n) is 24.6. The molecule has 0 bridgehead atoms. The predicted octanol–water partition coefficient (Wildman–Crippen LogP) is 7.17. The molecule has 7 rings (SSSR count). The Bertz CT molecular complexity index is 2510. The summed E-state index contributed by atoms with van der Waals surface area (Å²) in [4.78, 5) is 11.9. The molecule has 0 saturated carbocycles. The second kappa shape index (κ2) is 11.4. The Kier molecular flexibility index (Phi) is 7.20. The van der Waals surface area contributed by atoms with Gasteiger partial charge in [0.2, 0.25) is 0 Å². The molecule has 14 heteroatoms. The Morgan fingerprint density at radius 3 is 1.26 bits per heavy atom. The van der Waals surface area contributed by atoms with Gasteiger partial charge in [0, 0.05) is 5.22 Å². The van der Waals surface area contributed by atoms with Gasteiger partial charge in [-0.3, -0.25) is 0 Å². The van der Waals surface area contributed by atoms with Gasteiger partial charge in [-0.05, 0) is 85.8 Å². The monoisotopic (exact) mass is 678 g/mol. The summed E-state index contributed by atoms with van der Waals surface area (Å²) in [6.45, 7) is 15.6. The lowest BCUT2D eigenvalue weighted by Gasteiger charge is -2.15. The minimum Gasteiger partial charge on any atom is -0.226 e.